The number of benzene rings is 1. The lowest BCUT2D eigenvalue weighted by atomic mass is 9.83. The van der Waals surface area contributed by atoms with Crippen LogP contribution in [0, 0.1) is 5.92 Å². The maximum Gasteiger partial charge on any atom is 0.308 e. The number of aliphatic carboxylic acids is 1. The molecule has 1 aromatic carbocycles. The zero-order valence-electron chi connectivity index (χ0n) is 24.3. The van der Waals surface area contributed by atoms with Crippen molar-refractivity contribution in [1.29, 1.82) is 0 Å². The Balaban J connectivity index is 1.47. The molecule has 5 rings (SSSR count). The summed E-state index contributed by atoms with van der Waals surface area (Å²) >= 11 is 0. The van der Waals surface area contributed by atoms with Crippen LogP contribution in [0.4, 0.5) is 5.69 Å². The van der Waals surface area contributed by atoms with Crippen LogP contribution in [0.1, 0.15) is 43.4 Å². The number of anilines is 1. The molecule has 3 atom stereocenters. The number of carboxylic acid groups (broad SMARTS) is 1. The highest BCUT2D eigenvalue weighted by atomic mass is 16.7. The van der Waals surface area contributed by atoms with Crippen LogP contribution in [0.3, 0.4) is 0 Å². The summed E-state index contributed by atoms with van der Waals surface area (Å²) in [6.07, 6.45) is 9.93. The molecule has 0 radical (unpaired) electrons. The van der Waals surface area contributed by atoms with Gasteiger partial charge >= 0.3 is 5.97 Å². The fraction of sp³-hybridized carbons (Fsp3) is 0.452. The summed E-state index contributed by atoms with van der Waals surface area (Å²) in [6, 6.07) is 8.97. The number of carboxylic acids is 1. The number of hydrogen-bond acceptors (Lipinski definition) is 8. The average Bonchev–Trinajstić information content (AvgIpc) is 3.61. The van der Waals surface area contributed by atoms with Crippen molar-refractivity contribution in [3.05, 3.63) is 66.5 Å². The van der Waals surface area contributed by atoms with E-state index >= 15 is 0 Å². The Morgan fingerprint density at radius 1 is 1.26 bits per heavy atom. The second-order valence-electron chi connectivity index (χ2n) is 10.8. The Bertz CT molecular complexity index is 1400. The summed E-state index contributed by atoms with van der Waals surface area (Å²) in [5.74, 6) is -0.578. The molecule has 0 spiro atoms. The van der Waals surface area contributed by atoms with E-state index in [0.29, 0.717) is 43.2 Å². The highest BCUT2D eigenvalue weighted by molar-refractivity contribution is 5.94. The van der Waals surface area contributed by atoms with Gasteiger partial charge in [0.1, 0.15) is 19.1 Å². The molecule has 2 aliphatic rings. The van der Waals surface area contributed by atoms with Gasteiger partial charge in [0.15, 0.2) is 23.9 Å². The predicted molar refractivity (Wildman–Crippen MR) is 154 cm³/mol. The number of amides is 1. The molecule has 0 saturated carbocycles. The van der Waals surface area contributed by atoms with Crippen LogP contribution in [-0.2, 0) is 23.1 Å². The Labute approximate surface area is 245 Å². The summed E-state index contributed by atoms with van der Waals surface area (Å²) in [6.45, 7) is 3.25. The number of carbonyl (C=O) groups is 2. The largest absolute Gasteiger partial charge is 0.493 e. The van der Waals surface area contributed by atoms with Gasteiger partial charge in [-0.2, -0.15) is 0 Å². The first-order valence-electron chi connectivity index (χ1n) is 14.3. The molecular formula is C31H38N5O6+. The lowest BCUT2D eigenvalue weighted by Gasteiger charge is -2.29. The van der Waals surface area contributed by atoms with E-state index in [1.54, 1.807) is 13.3 Å². The number of rotatable bonds is 12. The van der Waals surface area contributed by atoms with Crippen molar-refractivity contribution in [1.82, 2.24) is 14.9 Å². The van der Waals surface area contributed by atoms with Crippen molar-refractivity contribution in [3.8, 4) is 17.2 Å². The molecule has 3 aromatic rings. The van der Waals surface area contributed by atoms with E-state index in [1.807, 2.05) is 64.1 Å². The number of aryl methyl sites for hydroxylation is 2. The van der Waals surface area contributed by atoms with E-state index in [4.69, 9.17) is 14.2 Å². The van der Waals surface area contributed by atoms with E-state index < -0.39 is 23.8 Å². The van der Waals surface area contributed by atoms with Crippen molar-refractivity contribution in [2.24, 2.45) is 13.0 Å². The number of nitrogens with zero attached hydrogens (tertiary/aromatic N) is 5. The number of carbonyl (C=O) groups excluding carboxylic acids is 1. The minimum absolute atomic E-state index is 0.0604. The van der Waals surface area contributed by atoms with Gasteiger partial charge in [0.2, 0.25) is 18.4 Å². The van der Waals surface area contributed by atoms with Gasteiger partial charge in [0, 0.05) is 43.0 Å². The molecular weight excluding hydrogens is 538 g/mol. The van der Waals surface area contributed by atoms with Gasteiger partial charge in [0.25, 0.3) is 0 Å². The van der Waals surface area contributed by atoms with Crippen molar-refractivity contribution < 1.29 is 33.5 Å². The van der Waals surface area contributed by atoms with Gasteiger partial charge in [0.05, 0.1) is 19.6 Å². The van der Waals surface area contributed by atoms with Crippen LogP contribution < -0.4 is 23.7 Å². The fourth-order valence-electron chi connectivity index (χ4n) is 6.02. The third-order valence-electron chi connectivity index (χ3n) is 8.09. The third-order valence-corrected chi connectivity index (χ3v) is 8.09. The molecule has 0 bridgehead atoms. The summed E-state index contributed by atoms with van der Waals surface area (Å²) in [5, 5.41) is 10.6. The van der Waals surface area contributed by atoms with Crippen LogP contribution in [0.5, 0.6) is 17.2 Å². The molecule has 11 nitrogen and oxygen atoms in total. The van der Waals surface area contributed by atoms with Crippen molar-refractivity contribution >= 4 is 17.6 Å². The monoisotopic (exact) mass is 576 g/mol. The minimum atomic E-state index is -0.905. The normalized spacial score (nSPS) is 19.5. The topological polar surface area (TPSA) is 118 Å². The Morgan fingerprint density at radius 3 is 2.83 bits per heavy atom. The molecule has 1 amide bonds. The molecule has 0 aliphatic carbocycles. The molecule has 11 heteroatoms. The molecule has 42 heavy (non-hydrogen) atoms. The molecule has 4 heterocycles. The summed E-state index contributed by atoms with van der Waals surface area (Å²) < 4.78 is 18.7. The van der Waals surface area contributed by atoms with Crippen LogP contribution in [0.2, 0.25) is 0 Å². The molecule has 2 aromatic heterocycles. The van der Waals surface area contributed by atoms with Crippen LogP contribution in [0.15, 0.2) is 55.2 Å². The maximum atomic E-state index is 14.0. The highest BCUT2D eigenvalue weighted by Crippen LogP contribution is 2.47. The van der Waals surface area contributed by atoms with Gasteiger partial charge in [-0.3, -0.25) is 14.5 Å². The van der Waals surface area contributed by atoms with Crippen LogP contribution >= 0.6 is 0 Å². The maximum absolute atomic E-state index is 14.0. The third kappa shape index (κ3) is 6.30. The van der Waals surface area contributed by atoms with Crippen molar-refractivity contribution in [2.75, 3.05) is 38.4 Å². The quantitative estimate of drug-likeness (QED) is 0.325. The zero-order chi connectivity index (χ0) is 29.6. The summed E-state index contributed by atoms with van der Waals surface area (Å²) in [7, 11) is 3.48. The Kier molecular flexibility index (Phi) is 9.16. The average molecular weight is 577 g/mol. The number of ether oxygens (including phenoxy) is 3. The van der Waals surface area contributed by atoms with Gasteiger partial charge < -0.3 is 24.2 Å². The van der Waals surface area contributed by atoms with E-state index in [9.17, 15) is 14.7 Å². The smallest absolute Gasteiger partial charge is 0.308 e. The lowest BCUT2D eigenvalue weighted by Crippen LogP contribution is -2.45. The second kappa shape index (κ2) is 13.2. The predicted octanol–water partition coefficient (Wildman–Crippen LogP) is 2.97. The van der Waals surface area contributed by atoms with Gasteiger partial charge in [-0.25, -0.2) is 14.5 Å². The van der Waals surface area contributed by atoms with E-state index in [2.05, 4.69) is 16.9 Å². The number of pyridine rings is 1. The molecule has 2 aliphatic heterocycles. The number of hydrogen-bond donors (Lipinski definition) is 1. The van der Waals surface area contributed by atoms with Gasteiger partial charge in [-0.05, 0) is 49.1 Å². The second-order valence-corrected chi connectivity index (χ2v) is 10.8. The van der Waals surface area contributed by atoms with Gasteiger partial charge in [-0.1, -0.05) is 13.3 Å². The van der Waals surface area contributed by atoms with Crippen molar-refractivity contribution in [3.63, 3.8) is 0 Å². The lowest BCUT2D eigenvalue weighted by molar-refractivity contribution is -0.670. The van der Waals surface area contributed by atoms with E-state index in [0.717, 1.165) is 29.8 Å². The first-order valence-corrected chi connectivity index (χ1v) is 14.3. The fourth-order valence-corrected chi connectivity index (χ4v) is 6.02. The first-order chi connectivity index (χ1) is 20.4. The summed E-state index contributed by atoms with van der Waals surface area (Å²) in [5.41, 5.74) is 2.43. The van der Waals surface area contributed by atoms with Crippen LogP contribution in [0.25, 0.3) is 0 Å². The summed E-state index contributed by atoms with van der Waals surface area (Å²) in [4.78, 5) is 39.1. The Hall–Kier alpha value is -4.25. The highest BCUT2D eigenvalue weighted by Gasteiger charge is 2.47. The van der Waals surface area contributed by atoms with Gasteiger partial charge in [-0.15, -0.1) is 0 Å². The number of fused-ring (bicyclic) bond motifs is 1. The number of aromatic nitrogens is 3. The SMILES string of the molecule is CCCCN(C(=O)CN1C[C@H](c2cc(OC)c3c(c2)OCO3)C(C(=O)O)[C@@H]1CCc1ccncn1)c1ccc[n+](C)c1. The zero-order valence-corrected chi connectivity index (χ0v) is 24.3. The Morgan fingerprint density at radius 2 is 2.12 bits per heavy atom. The number of methoxy groups -OCH3 is 1. The van der Waals surface area contributed by atoms with E-state index in [1.165, 1.54) is 6.33 Å². The van der Waals surface area contributed by atoms with Crippen molar-refractivity contribution in [2.45, 2.75) is 44.6 Å². The number of likely N-dealkylation sites (tertiary alicyclic amines) is 1. The minimum Gasteiger partial charge on any atom is -0.493 e. The number of unbranched alkanes of at least 4 members (excludes halogenated alkanes) is 1. The molecule has 1 fully saturated rings. The standard InChI is InChI=1S/C31H37N5O6/c1-4-5-13-36(23-7-6-12-34(2)16-23)28(37)18-35-17-24(21-14-26(40-3)30-27(15-21)41-20-42-30)29(31(38)39)25(35)9-8-22-10-11-32-19-33-22/h6-7,10-12,14-16,19,24-25,29H,4-5,8-9,13,17-18,20H2,1-3H3/p+1/t24-,25+,29?/m1/s1. The molecule has 1 N–H and O–H groups in total. The molecule has 1 saturated heterocycles. The van der Waals surface area contributed by atoms with E-state index in [-0.39, 0.29) is 19.2 Å². The first kappa shape index (κ1) is 29.2. The van der Waals surface area contributed by atoms with Crippen LogP contribution in [-0.4, -0.2) is 71.4 Å². The molecule has 1 unspecified atom stereocenters. The molecule has 222 valence electrons.